The third kappa shape index (κ3) is 3.76. The molecule has 0 aromatic carbocycles. The lowest BCUT2D eigenvalue weighted by Gasteiger charge is -2.46. The van der Waals surface area contributed by atoms with Gasteiger partial charge < -0.3 is 10.4 Å². The SMILES string of the molecule is CCCCCNC(=O)C(C)N1CC(C)(O)C1. The van der Waals surface area contributed by atoms with Crippen molar-refractivity contribution in [2.75, 3.05) is 19.6 Å². The van der Waals surface area contributed by atoms with E-state index in [1.54, 1.807) is 6.92 Å². The van der Waals surface area contributed by atoms with Crippen molar-refractivity contribution >= 4 is 5.91 Å². The molecule has 0 saturated carbocycles. The zero-order chi connectivity index (χ0) is 12.2. The second kappa shape index (κ2) is 5.64. The van der Waals surface area contributed by atoms with Crippen LogP contribution in [0.3, 0.4) is 0 Å². The van der Waals surface area contributed by atoms with Gasteiger partial charge in [-0.25, -0.2) is 0 Å². The molecule has 0 radical (unpaired) electrons. The molecule has 0 bridgehead atoms. The fourth-order valence-electron chi connectivity index (χ4n) is 2.00. The van der Waals surface area contributed by atoms with Crippen LogP contribution in [0.25, 0.3) is 0 Å². The second-order valence-electron chi connectivity index (χ2n) is 5.08. The maximum absolute atomic E-state index is 11.7. The normalized spacial score (nSPS) is 21.2. The molecule has 1 rings (SSSR count). The maximum Gasteiger partial charge on any atom is 0.237 e. The lowest BCUT2D eigenvalue weighted by molar-refractivity contribution is -0.138. The summed E-state index contributed by atoms with van der Waals surface area (Å²) in [7, 11) is 0. The monoisotopic (exact) mass is 228 g/mol. The topological polar surface area (TPSA) is 52.6 Å². The number of nitrogens with one attached hydrogen (secondary N) is 1. The summed E-state index contributed by atoms with van der Waals surface area (Å²) in [5.41, 5.74) is -0.600. The Hall–Kier alpha value is -0.610. The minimum absolute atomic E-state index is 0.0756. The Morgan fingerprint density at radius 3 is 2.62 bits per heavy atom. The van der Waals surface area contributed by atoms with Gasteiger partial charge in [-0.1, -0.05) is 19.8 Å². The van der Waals surface area contributed by atoms with Crippen molar-refractivity contribution in [2.24, 2.45) is 0 Å². The van der Waals surface area contributed by atoms with Crippen LogP contribution in [-0.2, 0) is 4.79 Å². The van der Waals surface area contributed by atoms with Crippen LogP contribution in [0.4, 0.5) is 0 Å². The van der Waals surface area contributed by atoms with Crippen molar-refractivity contribution in [1.82, 2.24) is 10.2 Å². The number of carbonyl (C=O) groups excluding carboxylic acids is 1. The molecule has 2 N–H and O–H groups in total. The van der Waals surface area contributed by atoms with Crippen molar-refractivity contribution in [2.45, 2.75) is 51.7 Å². The number of carbonyl (C=O) groups is 1. The average molecular weight is 228 g/mol. The van der Waals surface area contributed by atoms with Gasteiger partial charge >= 0.3 is 0 Å². The zero-order valence-electron chi connectivity index (χ0n) is 10.6. The first kappa shape index (κ1) is 13.5. The minimum atomic E-state index is -0.600. The largest absolute Gasteiger partial charge is 0.388 e. The van der Waals surface area contributed by atoms with Crippen molar-refractivity contribution < 1.29 is 9.90 Å². The molecule has 0 aliphatic carbocycles. The maximum atomic E-state index is 11.7. The van der Waals surface area contributed by atoms with Gasteiger partial charge in [0.1, 0.15) is 0 Å². The number of aliphatic hydroxyl groups is 1. The molecular weight excluding hydrogens is 204 g/mol. The molecule has 1 atom stereocenters. The van der Waals surface area contributed by atoms with E-state index >= 15 is 0 Å². The average Bonchev–Trinajstić information content (AvgIpc) is 2.19. The van der Waals surface area contributed by atoms with Gasteiger partial charge in [0.2, 0.25) is 5.91 Å². The van der Waals surface area contributed by atoms with Crippen molar-refractivity contribution in [3.05, 3.63) is 0 Å². The molecule has 1 heterocycles. The predicted octanol–water partition coefficient (Wildman–Crippen LogP) is 0.748. The summed E-state index contributed by atoms with van der Waals surface area (Å²) in [6, 6.07) is -0.123. The number of β-amino-alcohol motifs (C(OH)–C–C–N with tert-alkyl or cyclic N) is 1. The van der Waals surface area contributed by atoms with Gasteiger partial charge in [0.05, 0.1) is 11.6 Å². The molecule has 1 amide bonds. The number of likely N-dealkylation sites (tertiary alicyclic amines) is 1. The van der Waals surface area contributed by atoms with E-state index < -0.39 is 5.60 Å². The van der Waals surface area contributed by atoms with Crippen LogP contribution >= 0.6 is 0 Å². The van der Waals surface area contributed by atoms with Crippen LogP contribution < -0.4 is 5.32 Å². The van der Waals surface area contributed by atoms with Crippen LogP contribution in [0.5, 0.6) is 0 Å². The van der Waals surface area contributed by atoms with E-state index in [4.69, 9.17) is 0 Å². The van der Waals surface area contributed by atoms with Crippen molar-refractivity contribution in [3.8, 4) is 0 Å². The fraction of sp³-hybridized carbons (Fsp3) is 0.917. The molecule has 1 fully saturated rings. The molecule has 1 saturated heterocycles. The molecule has 0 spiro atoms. The number of hydrogen-bond acceptors (Lipinski definition) is 3. The molecule has 0 aromatic rings. The molecule has 1 unspecified atom stereocenters. The quantitative estimate of drug-likeness (QED) is 0.660. The number of nitrogens with zero attached hydrogens (tertiary/aromatic N) is 1. The highest BCUT2D eigenvalue weighted by Crippen LogP contribution is 2.22. The van der Waals surface area contributed by atoms with Crippen LogP contribution in [0, 0.1) is 0 Å². The van der Waals surface area contributed by atoms with E-state index in [1.165, 1.54) is 6.42 Å². The first-order chi connectivity index (χ1) is 7.46. The Morgan fingerprint density at radius 2 is 2.12 bits per heavy atom. The van der Waals surface area contributed by atoms with Gasteiger partial charge in [-0.15, -0.1) is 0 Å². The van der Waals surface area contributed by atoms with Crippen LogP contribution in [-0.4, -0.2) is 47.2 Å². The number of unbranched alkanes of at least 4 members (excludes halogenated alkanes) is 2. The standard InChI is InChI=1S/C12H24N2O2/c1-4-5-6-7-13-11(15)10(2)14-8-12(3,16)9-14/h10,16H,4-9H2,1-3H3,(H,13,15). The first-order valence-corrected chi connectivity index (χ1v) is 6.20. The Kier molecular flexibility index (Phi) is 4.74. The summed E-state index contributed by atoms with van der Waals surface area (Å²) in [4.78, 5) is 13.7. The Labute approximate surface area is 98.0 Å². The molecule has 4 nitrogen and oxygen atoms in total. The number of hydrogen-bond donors (Lipinski definition) is 2. The zero-order valence-corrected chi connectivity index (χ0v) is 10.6. The molecule has 0 aromatic heterocycles. The highest BCUT2D eigenvalue weighted by atomic mass is 16.3. The molecule has 16 heavy (non-hydrogen) atoms. The second-order valence-corrected chi connectivity index (χ2v) is 5.08. The third-order valence-corrected chi connectivity index (χ3v) is 3.09. The van der Waals surface area contributed by atoms with Gasteiger partial charge in [-0.3, -0.25) is 9.69 Å². The van der Waals surface area contributed by atoms with E-state index in [9.17, 15) is 9.90 Å². The minimum Gasteiger partial charge on any atom is -0.388 e. The smallest absolute Gasteiger partial charge is 0.237 e. The Bertz CT molecular complexity index is 233. The van der Waals surface area contributed by atoms with Gasteiger partial charge in [-0.05, 0) is 20.3 Å². The fourth-order valence-corrected chi connectivity index (χ4v) is 2.00. The third-order valence-electron chi connectivity index (χ3n) is 3.09. The molecular formula is C12H24N2O2. The van der Waals surface area contributed by atoms with E-state index in [0.29, 0.717) is 13.1 Å². The highest BCUT2D eigenvalue weighted by Gasteiger charge is 2.40. The van der Waals surface area contributed by atoms with E-state index in [1.807, 2.05) is 11.8 Å². The summed E-state index contributed by atoms with van der Waals surface area (Å²) in [6.45, 7) is 7.79. The van der Waals surface area contributed by atoms with E-state index in [2.05, 4.69) is 12.2 Å². The van der Waals surface area contributed by atoms with E-state index in [-0.39, 0.29) is 11.9 Å². The predicted molar refractivity (Wildman–Crippen MR) is 64.2 cm³/mol. The first-order valence-electron chi connectivity index (χ1n) is 6.20. The summed E-state index contributed by atoms with van der Waals surface area (Å²) in [5.74, 6) is 0.0756. The molecule has 1 aliphatic heterocycles. The van der Waals surface area contributed by atoms with Gasteiger partial charge in [0, 0.05) is 19.6 Å². The molecule has 1 aliphatic rings. The summed E-state index contributed by atoms with van der Waals surface area (Å²) in [6.07, 6.45) is 3.38. The van der Waals surface area contributed by atoms with Crippen molar-refractivity contribution in [3.63, 3.8) is 0 Å². The summed E-state index contributed by atoms with van der Waals surface area (Å²) < 4.78 is 0. The van der Waals surface area contributed by atoms with E-state index in [0.717, 1.165) is 19.4 Å². The Morgan fingerprint density at radius 1 is 1.50 bits per heavy atom. The van der Waals surface area contributed by atoms with Gasteiger partial charge in [0.25, 0.3) is 0 Å². The van der Waals surface area contributed by atoms with Gasteiger partial charge in [0.15, 0.2) is 0 Å². The van der Waals surface area contributed by atoms with Crippen LogP contribution in [0.15, 0.2) is 0 Å². The highest BCUT2D eigenvalue weighted by molar-refractivity contribution is 5.81. The van der Waals surface area contributed by atoms with Crippen LogP contribution in [0.2, 0.25) is 0 Å². The van der Waals surface area contributed by atoms with Gasteiger partial charge in [-0.2, -0.15) is 0 Å². The lowest BCUT2D eigenvalue weighted by atomic mass is 9.95. The van der Waals surface area contributed by atoms with Crippen LogP contribution in [0.1, 0.15) is 40.0 Å². The number of rotatable bonds is 6. The lowest BCUT2D eigenvalue weighted by Crippen LogP contribution is -2.65. The molecule has 4 heteroatoms. The molecule has 94 valence electrons. The summed E-state index contributed by atoms with van der Waals surface area (Å²) >= 11 is 0. The summed E-state index contributed by atoms with van der Waals surface area (Å²) in [5, 5.41) is 12.5. The van der Waals surface area contributed by atoms with Crippen molar-refractivity contribution in [1.29, 1.82) is 0 Å². The Balaban J connectivity index is 2.17. The number of amides is 1.